The van der Waals surface area contributed by atoms with Gasteiger partial charge in [-0.1, -0.05) is 44.4 Å². The molecule has 0 aromatic rings. The number of allylic oxidation sites excluding steroid dienone is 2. The van der Waals surface area contributed by atoms with Crippen LogP contribution in [0.3, 0.4) is 0 Å². The van der Waals surface area contributed by atoms with Crippen molar-refractivity contribution in [3.63, 3.8) is 0 Å². The van der Waals surface area contributed by atoms with Crippen LogP contribution in [-0.4, -0.2) is 12.1 Å². The summed E-state index contributed by atoms with van der Waals surface area (Å²) in [6.45, 7) is 7.56. The fraction of sp³-hybridized carbons (Fsp3) is 0.562. The Labute approximate surface area is 125 Å². The molecule has 1 unspecified atom stereocenters. The van der Waals surface area contributed by atoms with Crippen molar-refractivity contribution in [1.29, 1.82) is 0 Å². The second-order valence-electron chi connectivity index (χ2n) is 5.62. The maximum atomic E-state index is 12.8. The Hall–Kier alpha value is -1.27. The van der Waals surface area contributed by atoms with Gasteiger partial charge in [-0.2, -0.15) is 4.39 Å². The molecule has 1 rings (SSSR count). The van der Waals surface area contributed by atoms with Gasteiger partial charge in [-0.25, -0.2) is 0 Å². The molecule has 0 amide bonds. The van der Waals surface area contributed by atoms with Gasteiger partial charge in [0.1, 0.15) is 0 Å². The van der Waals surface area contributed by atoms with Crippen LogP contribution in [0.1, 0.15) is 34.1 Å². The third-order valence-electron chi connectivity index (χ3n) is 3.80. The largest absolute Gasteiger partial charge is 0.444 e. The number of carbonyl (C=O) groups excluding carboxylic acids is 1. The van der Waals surface area contributed by atoms with Crippen molar-refractivity contribution in [3.8, 4) is 12.3 Å². The average Bonchev–Trinajstić information content (AvgIpc) is 2.86. The standard InChI is InChI=1S/C16H20ClFO2/c1-6-8-10(3)12(7-2)20-15(19)14-11(9-13(17)18)16(14,4)5/h2,8-9,11-12,14H,6H2,1,3-5H3/t11-,12?,14+/m1/s1. The molecular formula is C16H20ClFO2. The van der Waals surface area contributed by atoms with E-state index in [9.17, 15) is 9.18 Å². The third-order valence-corrected chi connectivity index (χ3v) is 3.92. The number of ether oxygens (including phenoxy) is 1. The molecule has 4 heteroatoms. The van der Waals surface area contributed by atoms with E-state index in [1.54, 1.807) is 0 Å². The van der Waals surface area contributed by atoms with Crippen molar-refractivity contribution in [2.24, 2.45) is 17.3 Å². The monoisotopic (exact) mass is 298 g/mol. The predicted molar refractivity (Wildman–Crippen MR) is 78.6 cm³/mol. The van der Waals surface area contributed by atoms with Crippen LogP contribution in [0.15, 0.2) is 23.0 Å². The Morgan fingerprint density at radius 1 is 1.60 bits per heavy atom. The minimum absolute atomic E-state index is 0.249. The van der Waals surface area contributed by atoms with Gasteiger partial charge >= 0.3 is 5.97 Å². The first-order chi connectivity index (χ1) is 9.25. The highest BCUT2D eigenvalue weighted by molar-refractivity contribution is 6.28. The zero-order chi connectivity index (χ0) is 15.5. The Morgan fingerprint density at radius 2 is 2.20 bits per heavy atom. The SMILES string of the molecule is C#CC(OC(=O)[C@@H]1[C@@H](C=C(F)Cl)C1(C)C)C(C)=CCC. The van der Waals surface area contributed by atoms with Crippen molar-refractivity contribution >= 4 is 17.6 Å². The number of esters is 1. The van der Waals surface area contributed by atoms with E-state index in [2.05, 4.69) is 5.92 Å². The molecule has 0 bridgehead atoms. The van der Waals surface area contributed by atoms with Gasteiger partial charge in [-0.15, -0.1) is 6.42 Å². The molecule has 0 N–H and O–H groups in total. The van der Waals surface area contributed by atoms with E-state index in [0.29, 0.717) is 0 Å². The number of terminal acetylenes is 1. The van der Waals surface area contributed by atoms with E-state index < -0.39 is 23.3 Å². The highest BCUT2D eigenvalue weighted by Crippen LogP contribution is 2.60. The first-order valence-corrected chi connectivity index (χ1v) is 6.99. The van der Waals surface area contributed by atoms with Gasteiger partial charge in [0.2, 0.25) is 0 Å². The van der Waals surface area contributed by atoms with Crippen molar-refractivity contribution in [2.45, 2.75) is 40.2 Å². The van der Waals surface area contributed by atoms with Gasteiger partial charge in [0.05, 0.1) is 5.92 Å². The van der Waals surface area contributed by atoms with Crippen LogP contribution in [0.4, 0.5) is 4.39 Å². The molecule has 1 aliphatic rings. The zero-order valence-electron chi connectivity index (χ0n) is 12.2. The van der Waals surface area contributed by atoms with E-state index in [1.807, 2.05) is 33.8 Å². The Kier molecular flexibility index (Phi) is 5.42. The predicted octanol–water partition coefficient (Wildman–Crippen LogP) is 4.21. The molecule has 1 aliphatic carbocycles. The molecule has 0 spiro atoms. The van der Waals surface area contributed by atoms with Crippen LogP contribution in [0.5, 0.6) is 0 Å². The van der Waals surface area contributed by atoms with Crippen LogP contribution in [-0.2, 0) is 9.53 Å². The summed E-state index contributed by atoms with van der Waals surface area (Å²) in [5.41, 5.74) is 0.475. The molecule has 0 saturated heterocycles. The Bertz CT molecular complexity index is 481. The second kappa shape index (κ2) is 6.45. The molecule has 0 aromatic carbocycles. The summed E-state index contributed by atoms with van der Waals surface area (Å²) in [7, 11) is 0. The van der Waals surface area contributed by atoms with Gasteiger partial charge in [0.15, 0.2) is 11.4 Å². The number of halogens is 2. The molecule has 2 nitrogen and oxygen atoms in total. The van der Waals surface area contributed by atoms with Gasteiger partial charge < -0.3 is 4.74 Å². The van der Waals surface area contributed by atoms with Crippen LogP contribution in [0.2, 0.25) is 0 Å². The maximum Gasteiger partial charge on any atom is 0.311 e. The van der Waals surface area contributed by atoms with Crippen LogP contribution in [0, 0.1) is 29.6 Å². The normalized spacial score (nSPS) is 26.6. The lowest BCUT2D eigenvalue weighted by atomic mass is 10.1. The van der Waals surface area contributed by atoms with Gasteiger partial charge in [0.25, 0.3) is 0 Å². The number of hydrogen-bond acceptors (Lipinski definition) is 2. The lowest BCUT2D eigenvalue weighted by molar-refractivity contribution is -0.147. The summed E-state index contributed by atoms with van der Waals surface area (Å²) in [6, 6.07) is 0. The summed E-state index contributed by atoms with van der Waals surface area (Å²) >= 11 is 5.24. The molecule has 3 atom stereocenters. The smallest absolute Gasteiger partial charge is 0.311 e. The minimum atomic E-state index is -0.797. The minimum Gasteiger partial charge on any atom is -0.444 e. The molecule has 110 valence electrons. The number of carbonyl (C=O) groups is 1. The summed E-state index contributed by atoms with van der Waals surface area (Å²) in [5.74, 6) is 1.40. The van der Waals surface area contributed by atoms with Crippen molar-refractivity contribution < 1.29 is 13.9 Å². The highest BCUT2D eigenvalue weighted by Gasteiger charge is 2.62. The van der Waals surface area contributed by atoms with E-state index >= 15 is 0 Å². The zero-order valence-corrected chi connectivity index (χ0v) is 13.0. The van der Waals surface area contributed by atoms with Gasteiger partial charge in [-0.05, 0) is 30.4 Å². The number of rotatable bonds is 5. The fourth-order valence-corrected chi connectivity index (χ4v) is 2.59. The van der Waals surface area contributed by atoms with E-state index in [1.165, 1.54) is 6.08 Å². The summed E-state index contributed by atoms with van der Waals surface area (Å²) in [4.78, 5) is 12.2. The lowest BCUT2D eigenvalue weighted by Gasteiger charge is -2.13. The average molecular weight is 299 g/mol. The second-order valence-corrected chi connectivity index (χ2v) is 5.98. The van der Waals surface area contributed by atoms with E-state index in [0.717, 1.165) is 12.0 Å². The van der Waals surface area contributed by atoms with Crippen molar-refractivity contribution in [3.05, 3.63) is 23.0 Å². The van der Waals surface area contributed by atoms with Gasteiger partial charge in [-0.3, -0.25) is 4.79 Å². The first kappa shape index (κ1) is 16.8. The maximum absolute atomic E-state index is 12.8. The van der Waals surface area contributed by atoms with E-state index in [-0.39, 0.29) is 11.3 Å². The molecule has 20 heavy (non-hydrogen) atoms. The highest BCUT2D eigenvalue weighted by atomic mass is 35.5. The molecule has 0 heterocycles. The Morgan fingerprint density at radius 3 is 2.65 bits per heavy atom. The first-order valence-electron chi connectivity index (χ1n) is 6.61. The number of hydrogen-bond donors (Lipinski definition) is 0. The molecule has 1 fully saturated rings. The molecule has 0 aromatic heterocycles. The summed E-state index contributed by atoms with van der Waals surface area (Å²) in [5, 5.41) is -0.797. The topological polar surface area (TPSA) is 26.3 Å². The summed E-state index contributed by atoms with van der Waals surface area (Å²) in [6.07, 6.45) is 8.73. The fourth-order valence-electron chi connectivity index (χ4n) is 2.45. The third kappa shape index (κ3) is 3.64. The van der Waals surface area contributed by atoms with Crippen molar-refractivity contribution in [1.82, 2.24) is 0 Å². The van der Waals surface area contributed by atoms with E-state index in [4.69, 9.17) is 22.8 Å². The molecule has 0 radical (unpaired) electrons. The quantitative estimate of drug-likeness (QED) is 0.432. The molecule has 1 saturated carbocycles. The van der Waals surface area contributed by atoms with Crippen LogP contribution >= 0.6 is 11.6 Å². The molecular weight excluding hydrogens is 279 g/mol. The lowest BCUT2D eigenvalue weighted by Crippen LogP contribution is -2.20. The Balaban J connectivity index is 2.76. The van der Waals surface area contributed by atoms with Crippen LogP contribution < -0.4 is 0 Å². The van der Waals surface area contributed by atoms with Crippen LogP contribution in [0.25, 0.3) is 0 Å². The van der Waals surface area contributed by atoms with Gasteiger partial charge in [0, 0.05) is 5.92 Å². The summed E-state index contributed by atoms with van der Waals surface area (Å²) < 4.78 is 18.1. The van der Waals surface area contributed by atoms with Crippen molar-refractivity contribution in [2.75, 3.05) is 0 Å². The molecule has 0 aliphatic heterocycles.